The average Bonchev–Trinajstić information content (AvgIpc) is 2.61. The molecule has 3 rings (SSSR count). The van der Waals surface area contributed by atoms with Crippen molar-refractivity contribution < 1.29 is 14.6 Å². The SMILES string of the molecule is CC(C)(C)C1CCCCC1.COC(=O)C1CCc2cc(O)ccc2C1. The number of rotatable bonds is 1. The first-order valence-corrected chi connectivity index (χ1v) is 9.70. The predicted molar refractivity (Wildman–Crippen MR) is 102 cm³/mol. The highest BCUT2D eigenvalue weighted by molar-refractivity contribution is 5.73. The lowest BCUT2D eigenvalue weighted by molar-refractivity contribution is -0.145. The third kappa shape index (κ3) is 5.76. The van der Waals surface area contributed by atoms with E-state index >= 15 is 0 Å². The Balaban J connectivity index is 0.000000196. The summed E-state index contributed by atoms with van der Waals surface area (Å²) in [6.07, 6.45) is 9.75. The molecule has 0 aromatic heterocycles. The van der Waals surface area contributed by atoms with Crippen LogP contribution in [0.2, 0.25) is 0 Å². The lowest BCUT2D eigenvalue weighted by atomic mass is 9.72. The molecule has 0 amide bonds. The van der Waals surface area contributed by atoms with Crippen molar-refractivity contribution in [1.82, 2.24) is 0 Å². The third-order valence-corrected chi connectivity index (χ3v) is 5.78. The molecule has 25 heavy (non-hydrogen) atoms. The van der Waals surface area contributed by atoms with Crippen LogP contribution in [0.4, 0.5) is 0 Å². The summed E-state index contributed by atoms with van der Waals surface area (Å²) in [6, 6.07) is 5.33. The van der Waals surface area contributed by atoms with Gasteiger partial charge < -0.3 is 9.84 Å². The van der Waals surface area contributed by atoms with Crippen molar-refractivity contribution in [2.45, 2.75) is 72.1 Å². The second-order valence-electron chi connectivity index (χ2n) is 8.62. The van der Waals surface area contributed by atoms with Crippen molar-refractivity contribution in [3.63, 3.8) is 0 Å². The molecule has 0 aliphatic heterocycles. The van der Waals surface area contributed by atoms with Gasteiger partial charge in [0.15, 0.2) is 0 Å². The van der Waals surface area contributed by atoms with Crippen LogP contribution in [-0.2, 0) is 22.4 Å². The maximum atomic E-state index is 11.4. The number of phenolic OH excluding ortho intramolecular Hbond substituents is 1. The van der Waals surface area contributed by atoms with E-state index in [9.17, 15) is 9.90 Å². The Morgan fingerprint density at radius 2 is 1.76 bits per heavy atom. The highest BCUT2D eigenvalue weighted by Crippen LogP contribution is 2.37. The summed E-state index contributed by atoms with van der Waals surface area (Å²) in [7, 11) is 1.43. The Labute approximate surface area is 152 Å². The van der Waals surface area contributed by atoms with Gasteiger partial charge in [0.1, 0.15) is 5.75 Å². The predicted octanol–water partition coefficient (Wildman–Crippen LogP) is 5.28. The minimum absolute atomic E-state index is 0.0213. The lowest BCUT2D eigenvalue weighted by Gasteiger charge is -2.33. The number of hydrogen-bond donors (Lipinski definition) is 1. The number of carbonyl (C=O) groups excluding carboxylic acids is 1. The van der Waals surface area contributed by atoms with Crippen LogP contribution in [-0.4, -0.2) is 18.2 Å². The van der Waals surface area contributed by atoms with Crippen LogP contribution in [0.15, 0.2) is 18.2 Å². The normalized spacial score (nSPS) is 20.9. The van der Waals surface area contributed by atoms with Gasteiger partial charge >= 0.3 is 5.97 Å². The number of aryl methyl sites for hydroxylation is 1. The molecule has 2 aliphatic carbocycles. The fraction of sp³-hybridized carbons (Fsp3) is 0.682. The monoisotopic (exact) mass is 346 g/mol. The molecule has 0 heterocycles. The molecule has 140 valence electrons. The molecule has 0 saturated heterocycles. The molecule has 0 bridgehead atoms. The van der Waals surface area contributed by atoms with Gasteiger partial charge in [-0.05, 0) is 66.7 Å². The minimum Gasteiger partial charge on any atom is -0.508 e. The van der Waals surface area contributed by atoms with Crippen LogP contribution in [0.3, 0.4) is 0 Å². The van der Waals surface area contributed by atoms with Gasteiger partial charge in [0.2, 0.25) is 0 Å². The highest BCUT2D eigenvalue weighted by Gasteiger charge is 2.26. The maximum absolute atomic E-state index is 11.4. The highest BCUT2D eigenvalue weighted by atomic mass is 16.5. The van der Waals surface area contributed by atoms with Crippen molar-refractivity contribution in [2.75, 3.05) is 7.11 Å². The van der Waals surface area contributed by atoms with Crippen LogP contribution in [0.1, 0.15) is 70.4 Å². The molecule has 3 nitrogen and oxygen atoms in total. The molecule has 1 fully saturated rings. The first-order chi connectivity index (χ1) is 11.8. The molecule has 0 spiro atoms. The molecule has 1 N–H and O–H groups in total. The Morgan fingerprint density at radius 3 is 2.32 bits per heavy atom. The van der Waals surface area contributed by atoms with E-state index in [1.54, 1.807) is 12.1 Å². The van der Waals surface area contributed by atoms with Crippen LogP contribution in [0.25, 0.3) is 0 Å². The number of carbonyl (C=O) groups is 1. The molecule has 1 saturated carbocycles. The molecule has 1 aromatic carbocycles. The van der Waals surface area contributed by atoms with E-state index in [1.165, 1.54) is 39.2 Å². The van der Waals surface area contributed by atoms with Crippen molar-refractivity contribution in [2.24, 2.45) is 17.3 Å². The second-order valence-corrected chi connectivity index (χ2v) is 8.62. The van der Waals surface area contributed by atoms with E-state index in [0.29, 0.717) is 11.2 Å². The van der Waals surface area contributed by atoms with Gasteiger partial charge in [-0.3, -0.25) is 4.79 Å². The summed E-state index contributed by atoms with van der Waals surface area (Å²) in [6.45, 7) is 7.13. The van der Waals surface area contributed by atoms with Gasteiger partial charge in [-0.2, -0.15) is 0 Å². The first kappa shape index (κ1) is 19.8. The first-order valence-electron chi connectivity index (χ1n) is 9.70. The number of phenols is 1. The van der Waals surface area contributed by atoms with Crippen LogP contribution < -0.4 is 0 Å². The number of esters is 1. The Kier molecular flexibility index (Phi) is 6.92. The van der Waals surface area contributed by atoms with Crippen molar-refractivity contribution in [3.05, 3.63) is 29.3 Å². The number of ether oxygens (including phenoxy) is 1. The Bertz CT molecular complexity index is 565. The summed E-state index contributed by atoms with van der Waals surface area (Å²) in [5.41, 5.74) is 2.87. The van der Waals surface area contributed by atoms with Crippen LogP contribution in [0.5, 0.6) is 5.75 Å². The zero-order chi connectivity index (χ0) is 18.4. The molecule has 1 unspecified atom stereocenters. The molecule has 0 radical (unpaired) electrons. The molecule has 2 aliphatic rings. The number of methoxy groups -OCH3 is 1. The number of fused-ring (bicyclic) bond motifs is 1. The molecule has 1 aromatic rings. The number of benzene rings is 1. The average molecular weight is 347 g/mol. The van der Waals surface area contributed by atoms with Gasteiger partial charge in [-0.25, -0.2) is 0 Å². The minimum atomic E-state index is -0.131. The van der Waals surface area contributed by atoms with E-state index in [-0.39, 0.29) is 11.9 Å². The van der Waals surface area contributed by atoms with Crippen molar-refractivity contribution in [3.8, 4) is 5.75 Å². The maximum Gasteiger partial charge on any atom is 0.309 e. The second kappa shape index (κ2) is 8.73. The van der Waals surface area contributed by atoms with Gasteiger partial charge in [0, 0.05) is 0 Å². The Hall–Kier alpha value is -1.51. The number of aromatic hydroxyl groups is 1. The van der Waals surface area contributed by atoms with E-state index < -0.39 is 0 Å². The standard InChI is InChI=1S/C12H14O3.C10H20/c1-15-12(14)10-3-2-9-7-11(13)5-4-8(9)6-10;1-10(2,3)9-7-5-4-6-8-9/h4-5,7,10,13H,2-3,6H2,1H3;9H,4-8H2,1-3H3. The molecular formula is C22H34O3. The zero-order valence-corrected chi connectivity index (χ0v) is 16.3. The fourth-order valence-electron chi connectivity index (χ4n) is 4.08. The summed E-state index contributed by atoms with van der Waals surface area (Å²) < 4.78 is 4.74. The lowest BCUT2D eigenvalue weighted by Crippen LogP contribution is -2.23. The van der Waals surface area contributed by atoms with Crippen molar-refractivity contribution in [1.29, 1.82) is 0 Å². The summed E-state index contributed by atoms with van der Waals surface area (Å²) in [5.74, 6) is 1.15. The van der Waals surface area contributed by atoms with E-state index in [1.807, 2.05) is 6.07 Å². The molecular weight excluding hydrogens is 312 g/mol. The quantitative estimate of drug-likeness (QED) is 0.703. The smallest absolute Gasteiger partial charge is 0.309 e. The van der Waals surface area contributed by atoms with Gasteiger partial charge in [-0.1, -0.05) is 46.1 Å². The van der Waals surface area contributed by atoms with Crippen LogP contribution in [0, 0.1) is 17.3 Å². The zero-order valence-electron chi connectivity index (χ0n) is 16.3. The largest absolute Gasteiger partial charge is 0.508 e. The van der Waals surface area contributed by atoms with E-state index in [0.717, 1.165) is 36.3 Å². The van der Waals surface area contributed by atoms with E-state index in [4.69, 9.17) is 4.74 Å². The summed E-state index contributed by atoms with van der Waals surface area (Å²) in [4.78, 5) is 11.4. The molecule has 1 atom stereocenters. The molecule has 3 heteroatoms. The topological polar surface area (TPSA) is 46.5 Å². The van der Waals surface area contributed by atoms with Gasteiger partial charge in [0.25, 0.3) is 0 Å². The third-order valence-electron chi connectivity index (χ3n) is 5.78. The summed E-state index contributed by atoms with van der Waals surface area (Å²) >= 11 is 0. The van der Waals surface area contributed by atoms with Gasteiger partial charge in [0.05, 0.1) is 13.0 Å². The number of hydrogen-bond acceptors (Lipinski definition) is 3. The fourth-order valence-corrected chi connectivity index (χ4v) is 4.08. The van der Waals surface area contributed by atoms with Crippen molar-refractivity contribution >= 4 is 5.97 Å². The van der Waals surface area contributed by atoms with E-state index in [2.05, 4.69) is 20.8 Å². The Morgan fingerprint density at radius 1 is 1.08 bits per heavy atom. The van der Waals surface area contributed by atoms with Gasteiger partial charge in [-0.15, -0.1) is 0 Å². The summed E-state index contributed by atoms with van der Waals surface area (Å²) in [5, 5.41) is 9.32. The van der Waals surface area contributed by atoms with Crippen LogP contribution >= 0.6 is 0 Å².